The van der Waals surface area contributed by atoms with Gasteiger partial charge < -0.3 is 4.74 Å². The number of hydrogen-bond acceptors (Lipinski definition) is 4. The smallest absolute Gasteiger partial charge is 0.218 e. The monoisotopic (exact) mass is 219 g/mol. The Hall–Kier alpha value is -1.60. The Morgan fingerprint density at radius 3 is 2.88 bits per heavy atom. The van der Waals surface area contributed by atoms with E-state index in [0.29, 0.717) is 12.4 Å². The van der Waals surface area contributed by atoms with E-state index in [1.165, 1.54) is 0 Å². The third kappa shape index (κ3) is 3.87. The minimum atomic E-state index is -0.174. The van der Waals surface area contributed by atoms with Crippen LogP contribution < -0.4 is 10.1 Å². The first-order chi connectivity index (χ1) is 7.63. The number of aromatic nitrogens is 1. The Labute approximate surface area is 96.3 Å². The summed E-state index contributed by atoms with van der Waals surface area (Å²) < 4.78 is 5.58. The Balaban J connectivity index is 2.68. The average Bonchev–Trinajstić information content (AvgIpc) is 2.26. The van der Waals surface area contributed by atoms with Crippen molar-refractivity contribution < 1.29 is 4.74 Å². The fraction of sp³-hybridized carbons (Fsp3) is 0.500. The number of ether oxygens (including phenoxy) is 1. The summed E-state index contributed by atoms with van der Waals surface area (Å²) in [5.41, 5.74) is 0.971. The summed E-state index contributed by atoms with van der Waals surface area (Å²) in [6.45, 7) is 6.33. The Morgan fingerprint density at radius 1 is 1.50 bits per heavy atom. The molecule has 0 saturated carbocycles. The summed E-state index contributed by atoms with van der Waals surface area (Å²) in [7, 11) is 0. The minimum Gasteiger partial charge on any atom is -0.475 e. The van der Waals surface area contributed by atoms with Crippen LogP contribution in [0.15, 0.2) is 18.3 Å². The van der Waals surface area contributed by atoms with Crippen LogP contribution in [0.2, 0.25) is 0 Å². The van der Waals surface area contributed by atoms with Crippen LogP contribution >= 0.6 is 0 Å². The number of nitrogens with zero attached hydrogens (tertiary/aromatic N) is 2. The van der Waals surface area contributed by atoms with Gasteiger partial charge in [0.1, 0.15) is 0 Å². The number of nitriles is 1. The molecule has 86 valence electrons. The molecule has 1 aromatic rings. The van der Waals surface area contributed by atoms with Gasteiger partial charge in [-0.2, -0.15) is 5.26 Å². The third-order valence-electron chi connectivity index (χ3n) is 1.99. The summed E-state index contributed by atoms with van der Waals surface area (Å²) in [5, 5.41) is 11.7. The van der Waals surface area contributed by atoms with E-state index in [1.54, 1.807) is 6.20 Å². The van der Waals surface area contributed by atoms with Crippen molar-refractivity contribution in [2.45, 2.75) is 39.5 Å². The molecule has 4 nitrogen and oxygen atoms in total. The molecule has 0 radical (unpaired) electrons. The van der Waals surface area contributed by atoms with Crippen molar-refractivity contribution in [1.82, 2.24) is 10.3 Å². The second-order valence-electron chi connectivity index (χ2n) is 3.87. The van der Waals surface area contributed by atoms with Gasteiger partial charge in [-0.1, -0.05) is 6.07 Å². The van der Waals surface area contributed by atoms with Crippen molar-refractivity contribution in [2.24, 2.45) is 0 Å². The van der Waals surface area contributed by atoms with Gasteiger partial charge in [-0.3, -0.25) is 5.32 Å². The predicted octanol–water partition coefficient (Wildman–Crippen LogP) is 1.87. The van der Waals surface area contributed by atoms with Crippen molar-refractivity contribution in [3.8, 4) is 11.9 Å². The lowest BCUT2D eigenvalue weighted by Gasteiger charge is -2.13. The standard InChI is InChI=1S/C12H17N3O/c1-9(2)16-12-11(5-4-6-14-12)8-15-10(3)7-13/h4-6,9-10,15H,8H2,1-3H3. The molecular formula is C12H17N3O. The summed E-state index contributed by atoms with van der Waals surface area (Å²) >= 11 is 0. The predicted molar refractivity (Wildman–Crippen MR) is 61.9 cm³/mol. The number of nitrogens with one attached hydrogen (secondary N) is 1. The van der Waals surface area contributed by atoms with Gasteiger partial charge in [0.05, 0.1) is 18.2 Å². The summed E-state index contributed by atoms with van der Waals surface area (Å²) in [6.07, 6.45) is 1.80. The molecule has 16 heavy (non-hydrogen) atoms. The van der Waals surface area contributed by atoms with Gasteiger partial charge in [0.2, 0.25) is 5.88 Å². The van der Waals surface area contributed by atoms with Crippen LogP contribution in [0.3, 0.4) is 0 Å². The zero-order chi connectivity index (χ0) is 12.0. The van der Waals surface area contributed by atoms with Crippen LogP contribution in [-0.2, 0) is 6.54 Å². The fourth-order valence-electron chi connectivity index (χ4n) is 1.20. The molecule has 1 atom stereocenters. The second kappa shape index (κ2) is 6.09. The van der Waals surface area contributed by atoms with Crippen molar-refractivity contribution in [1.29, 1.82) is 5.26 Å². The first-order valence-electron chi connectivity index (χ1n) is 5.37. The van der Waals surface area contributed by atoms with Crippen LogP contribution in [0, 0.1) is 11.3 Å². The van der Waals surface area contributed by atoms with Gasteiger partial charge in [-0.25, -0.2) is 4.98 Å². The first kappa shape index (κ1) is 12.5. The SMILES string of the molecule is CC(C#N)NCc1cccnc1OC(C)C. The van der Waals surface area contributed by atoms with Crippen LogP contribution in [0.5, 0.6) is 5.88 Å². The molecular weight excluding hydrogens is 202 g/mol. The number of hydrogen-bond donors (Lipinski definition) is 1. The highest BCUT2D eigenvalue weighted by Crippen LogP contribution is 2.15. The molecule has 0 bridgehead atoms. The quantitative estimate of drug-likeness (QED) is 0.821. The van der Waals surface area contributed by atoms with E-state index in [-0.39, 0.29) is 12.1 Å². The van der Waals surface area contributed by atoms with Gasteiger partial charge in [0.25, 0.3) is 0 Å². The zero-order valence-corrected chi connectivity index (χ0v) is 9.90. The van der Waals surface area contributed by atoms with Crippen molar-refractivity contribution in [3.05, 3.63) is 23.9 Å². The molecule has 0 aromatic carbocycles. The van der Waals surface area contributed by atoms with Crippen LogP contribution in [-0.4, -0.2) is 17.1 Å². The molecule has 1 heterocycles. The van der Waals surface area contributed by atoms with Crippen molar-refractivity contribution >= 4 is 0 Å². The number of pyridine rings is 1. The number of rotatable bonds is 5. The Kier molecular flexibility index (Phi) is 4.74. The molecule has 1 unspecified atom stereocenters. The highest BCUT2D eigenvalue weighted by atomic mass is 16.5. The van der Waals surface area contributed by atoms with E-state index >= 15 is 0 Å². The average molecular weight is 219 g/mol. The maximum atomic E-state index is 8.67. The zero-order valence-electron chi connectivity index (χ0n) is 9.90. The van der Waals surface area contributed by atoms with Gasteiger partial charge in [0, 0.05) is 18.3 Å². The van der Waals surface area contributed by atoms with E-state index in [9.17, 15) is 0 Å². The Morgan fingerprint density at radius 2 is 2.25 bits per heavy atom. The van der Waals surface area contributed by atoms with Crippen molar-refractivity contribution in [3.63, 3.8) is 0 Å². The van der Waals surface area contributed by atoms with Crippen LogP contribution in [0.25, 0.3) is 0 Å². The third-order valence-corrected chi connectivity index (χ3v) is 1.99. The Bertz CT molecular complexity index is 371. The van der Waals surface area contributed by atoms with Gasteiger partial charge in [0.15, 0.2) is 0 Å². The van der Waals surface area contributed by atoms with Crippen molar-refractivity contribution in [2.75, 3.05) is 0 Å². The van der Waals surface area contributed by atoms with E-state index in [2.05, 4.69) is 16.4 Å². The highest BCUT2D eigenvalue weighted by Gasteiger charge is 2.07. The van der Waals surface area contributed by atoms with Gasteiger partial charge in [-0.05, 0) is 26.8 Å². The molecule has 1 aromatic heterocycles. The lowest BCUT2D eigenvalue weighted by molar-refractivity contribution is 0.229. The maximum Gasteiger partial charge on any atom is 0.218 e. The molecule has 0 aliphatic rings. The first-order valence-corrected chi connectivity index (χ1v) is 5.37. The molecule has 4 heteroatoms. The van der Waals surface area contributed by atoms with E-state index in [4.69, 9.17) is 10.00 Å². The van der Waals surface area contributed by atoms with E-state index in [1.807, 2.05) is 32.9 Å². The summed E-state index contributed by atoms with van der Waals surface area (Å²) in [6, 6.07) is 5.76. The minimum absolute atomic E-state index is 0.0991. The molecule has 0 fully saturated rings. The molecule has 0 aliphatic carbocycles. The second-order valence-corrected chi connectivity index (χ2v) is 3.87. The van der Waals surface area contributed by atoms with Gasteiger partial charge >= 0.3 is 0 Å². The van der Waals surface area contributed by atoms with Crippen LogP contribution in [0.4, 0.5) is 0 Å². The van der Waals surface area contributed by atoms with Gasteiger partial charge in [-0.15, -0.1) is 0 Å². The fourth-order valence-corrected chi connectivity index (χ4v) is 1.20. The molecule has 0 spiro atoms. The normalized spacial score (nSPS) is 12.2. The summed E-state index contributed by atoms with van der Waals surface area (Å²) in [4.78, 5) is 4.18. The lowest BCUT2D eigenvalue weighted by atomic mass is 10.2. The maximum absolute atomic E-state index is 8.67. The van der Waals surface area contributed by atoms with E-state index < -0.39 is 0 Å². The van der Waals surface area contributed by atoms with E-state index in [0.717, 1.165) is 5.56 Å². The largest absolute Gasteiger partial charge is 0.475 e. The highest BCUT2D eigenvalue weighted by molar-refractivity contribution is 5.25. The molecule has 1 N–H and O–H groups in total. The summed E-state index contributed by atoms with van der Waals surface area (Å²) in [5.74, 6) is 0.634. The van der Waals surface area contributed by atoms with Crippen LogP contribution in [0.1, 0.15) is 26.3 Å². The molecule has 1 rings (SSSR count). The molecule has 0 aliphatic heterocycles. The topological polar surface area (TPSA) is 57.9 Å². The lowest BCUT2D eigenvalue weighted by Crippen LogP contribution is -2.24. The molecule has 0 amide bonds. The molecule has 0 saturated heterocycles.